The van der Waals surface area contributed by atoms with Crippen LogP contribution in [0, 0.1) is 5.92 Å². The molecule has 2 N–H and O–H groups in total. The van der Waals surface area contributed by atoms with Crippen LogP contribution in [0.15, 0.2) is 25.7 Å². The van der Waals surface area contributed by atoms with Crippen molar-refractivity contribution in [3.8, 4) is 11.5 Å². The minimum absolute atomic E-state index is 0.0884. The molecule has 0 aliphatic heterocycles. The number of aromatic nitrogens is 3. The van der Waals surface area contributed by atoms with Gasteiger partial charge in [-0.1, -0.05) is 19.0 Å². The molecule has 1 atom stereocenters. The molecule has 0 fully saturated rings. The molecule has 2 rings (SSSR count). The van der Waals surface area contributed by atoms with Crippen LogP contribution >= 0.6 is 31.9 Å². The largest absolute Gasteiger partial charge is 0.339 e. The molecule has 7 heteroatoms. The molecule has 5 nitrogen and oxygen atoms in total. The number of hydrogen-bond acceptors (Lipinski definition) is 5. The second-order valence-corrected chi connectivity index (χ2v) is 6.77. The van der Waals surface area contributed by atoms with E-state index in [0.29, 0.717) is 29.9 Å². The van der Waals surface area contributed by atoms with Gasteiger partial charge in [0.25, 0.3) is 0 Å². The standard InChI is InChI=1S/C13H16Br2N4O/c1-7(2)3-8(5-16)13-18-12(19-20-13)11-10(15)4-9(14)6-17-11/h4,6-8H,3,5,16H2,1-2H3. The van der Waals surface area contributed by atoms with E-state index in [4.69, 9.17) is 10.3 Å². The Bertz CT molecular complexity index is 586. The highest BCUT2D eigenvalue weighted by Crippen LogP contribution is 2.28. The normalized spacial score (nSPS) is 12.9. The predicted octanol–water partition coefficient (Wildman–Crippen LogP) is 3.75. The lowest BCUT2D eigenvalue weighted by atomic mass is 9.97. The lowest BCUT2D eigenvalue weighted by molar-refractivity contribution is 0.334. The molecule has 2 aromatic rings. The summed E-state index contributed by atoms with van der Waals surface area (Å²) >= 11 is 6.81. The Morgan fingerprint density at radius 1 is 1.35 bits per heavy atom. The Morgan fingerprint density at radius 3 is 2.70 bits per heavy atom. The van der Waals surface area contributed by atoms with Crippen LogP contribution in [0.3, 0.4) is 0 Å². The monoisotopic (exact) mass is 402 g/mol. The van der Waals surface area contributed by atoms with Crippen molar-refractivity contribution in [1.29, 1.82) is 0 Å². The Hall–Kier alpha value is -0.790. The van der Waals surface area contributed by atoms with Gasteiger partial charge in [0.1, 0.15) is 5.69 Å². The molecule has 0 saturated carbocycles. The summed E-state index contributed by atoms with van der Waals surface area (Å²) in [6.45, 7) is 4.79. The Labute approximate surface area is 134 Å². The van der Waals surface area contributed by atoms with Crippen LogP contribution in [0.4, 0.5) is 0 Å². The summed E-state index contributed by atoms with van der Waals surface area (Å²) in [7, 11) is 0. The van der Waals surface area contributed by atoms with Crippen molar-refractivity contribution in [2.45, 2.75) is 26.2 Å². The average Bonchev–Trinajstić information content (AvgIpc) is 2.85. The number of hydrogen-bond donors (Lipinski definition) is 1. The van der Waals surface area contributed by atoms with Crippen molar-refractivity contribution < 1.29 is 4.52 Å². The third kappa shape index (κ3) is 3.65. The molecule has 0 saturated heterocycles. The van der Waals surface area contributed by atoms with E-state index in [1.807, 2.05) is 6.07 Å². The van der Waals surface area contributed by atoms with Crippen molar-refractivity contribution in [3.63, 3.8) is 0 Å². The maximum Gasteiger partial charge on any atom is 0.231 e. The molecule has 20 heavy (non-hydrogen) atoms. The maximum absolute atomic E-state index is 5.79. The first-order valence-corrected chi connectivity index (χ1v) is 7.95. The minimum Gasteiger partial charge on any atom is -0.339 e. The van der Waals surface area contributed by atoms with E-state index in [1.165, 1.54) is 0 Å². The van der Waals surface area contributed by atoms with Crippen LogP contribution in [0.5, 0.6) is 0 Å². The zero-order valence-corrected chi connectivity index (χ0v) is 14.5. The van der Waals surface area contributed by atoms with Gasteiger partial charge in [0.05, 0.1) is 5.92 Å². The Balaban J connectivity index is 2.27. The van der Waals surface area contributed by atoms with E-state index >= 15 is 0 Å². The predicted molar refractivity (Wildman–Crippen MR) is 84.2 cm³/mol. The quantitative estimate of drug-likeness (QED) is 0.822. The second-order valence-electron chi connectivity index (χ2n) is 5.00. The number of halogens is 2. The summed E-state index contributed by atoms with van der Waals surface area (Å²) in [6, 6.07) is 1.90. The van der Waals surface area contributed by atoms with Crippen LogP contribution < -0.4 is 5.73 Å². The fourth-order valence-electron chi connectivity index (χ4n) is 1.94. The lowest BCUT2D eigenvalue weighted by Crippen LogP contribution is -2.15. The first-order valence-electron chi connectivity index (χ1n) is 6.36. The van der Waals surface area contributed by atoms with Crippen molar-refractivity contribution in [1.82, 2.24) is 15.1 Å². The fourth-order valence-corrected chi connectivity index (χ4v) is 3.11. The summed E-state index contributed by atoms with van der Waals surface area (Å²) in [5.74, 6) is 1.66. The van der Waals surface area contributed by atoms with Gasteiger partial charge in [-0.3, -0.25) is 4.98 Å². The number of nitrogens with zero attached hydrogens (tertiary/aromatic N) is 3. The molecule has 2 aromatic heterocycles. The molecular weight excluding hydrogens is 388 g/mol. The summed E-state index contributed by atoms with van der Waals surface area (Å²) in [5.41, 5.74) is 6.45. The molecule has 0 aliphatic carbocycles. The van der Waals surface area contributed by atoms with Gasteiger partial charge >= 0.3 is 0 Å². The zero-order valence-electron chi connectivity index (χ0n) is 11.3. The van der Waals surface area contributed by atoms with Gasteiger partial charge in [-0.05, 0) is 50.3 Å². The second kappa shape index (κ2) is 6.78. The highest BCUT2D eigenvalue weighted by Gasteiger charge is 2.20. The molecular formula is C13H16Br2N4O. The van der Waals surface area contributed by atoms with Crippen LogP contribution in [0.25, 0.3) is 11.5 Å². The molecule has 108 valence electrons. The smallest absolute Gasteiger partial charge is 0.231 e. The van der Waals surface area contributed by atoms with Crippen molar-refractivity contribution >= 4 is 31.9 Å². The van der Waals surface area contributed by atoms with Crippen molar-refractivity contribution in [2.75, 3.05) is 6.54 Å². The first kappa shape index (κ1) is 15.6. The SMILES string of the molecule is CC(C)CC(CN)c1nc(-c2ncc(Br)cc2Br)no1. The molecule has 1 unspecified atom stereocenters. The summed E-state index contributed by atoms with van der Waals surface area (Å²) in [5, 5.41) is 4.00. The highest BCUT2D eigenvalue weighted by atomic mass is 79.9. The van der Waals surface area contributed by atoms with Crippen molar-refractivity contribution in [3.05, 3.63) is 27.1 Å². The molecule has 0 spiro atoms. The third-order valence-electron chi connectivity index (χ3n) is 2.85. The lowest BCUT2D eigenvalue weighted by Gasteiger charge is -2.11. The van der Waals surface area contributed by atoms with Crippen LogP contribution in [0.2, 0.25) is 0 Å². The van der Waals surface area contributed by atoms with E-state index in [9.17, 15) is 0 Å². The molecule has 0 aromatic carbocycles. The molecule has 0 bridgehead atoms. The molecule has 0 amide bonds. The summed E-state index contributed by atoms with van der Waals surface area (Å²) < 4.78 is 7.04. The van der Waals surface area contributed by atoms with Crippen LogP contribution in [0.1, 0.15) is 32.1 Å². The fraction of sp³-hybridized carbons (Fsp3) is 0.462. The van der Waals surface area contributed by atoms with Gasteiger partial charge in [-0.25, -0.2) is 0 Å². The van der Waals surface area contributed by atoms with Gasteiger partial charge in [-0.15, -0.1) is 0 Å². The highest BCUT2D eigenvalue weighted by molar-refractivity contribution is 9.11. The Morgan fingerprint density at radius 2 is 2.10 bits per heavy atom. The van der Waals surface area contributed by atoms with Crippen molar-refractivity contribution in [2.24, 2.45) is 11.7 Å². The summed E-state index contributed by atoms with van der Waals surface area (Å²) in [4.78, 5) is 8.73. The van der Waals surface area contributed by atoms with E-state index < -0.39 is 0 Å². The van der Waals surface area contributed by atoms with E-state index in [1.54, 1.807) is 6.20 Å². The van der Waals surface area contributed by atoms with Gasteiger partial charge in [0, 0.05) is 21.7 Å². The van der Waals surface area contributed by atoms with Crippen LogP contribution in [-0.4, -0.2) is 21.7 Å². The first-order chi connectivity index (χ1) is 9.51. The Kier molecular flexibility index (Phi) is 5.29. The summed E-state index contributed by atoms with van der Waals surface area (Å²) in [6.07, 6.45) is 2.62. The molecule has 0 radical (unpaired) electrons. The zero-order chi connectivity index (χ0) is 14.7. The third-order valence-corrected chi connectivity index (χ3v) is 3.89. The van der Waals surface area contributed by atoms with Gasteiger partial charge in [0.15, 0.2) is 0 Å². The number of pyridine rings is 1. The maximum atomic E-state index is 5.79. The number of nitrogens with two attached hydrogens (primary N) is 1. The van der Waals surface area contributed by atoms with E-state index in [0.717, 1.165) is 15.4 Å². The molecule has 0 aliphatic rings. The van der Waals surface area contributed by atoms with Gasteiger partial charge < -0.3 is 10.3 Å². The minimum atomic E-state index is 0.0884. The van der Waals surface area contributed by atoms with E-state index in [2.05, 4.69) is 60.8 Å². The van der Waals surface area contributed by atoms with Gasteiger partial charge in [-0.2, -0.15) is 4.98 Å². The average molecular weight is 404 g/mol. The number of rotatable bonds is 5. The van der Waals surface area contributed by atoms with E-state index in [-0.39, 0.29) is 5.92 Å². The van der Waals surface area contributed by atoms with Gasteiger partial charge in [0.2, 0.25) is 11.7 Å². The molecule has 2 heterocycles. The topological polar surface area (TPSA) is 77.8 Å². The van der Waals surface area contributed by atoms with Crippen LogP contribution in [-0.2, 0) is 0 Å².